The molecule has 0 saturated heterocycles. The summed E-state index contributed by atoms with van der Waals surface area (Å²) in [5.41, 5.74) is 2.85. The van der Waals surface area contributed by atoms with Gasteiger partial charge in [-0.3, -0.25) is 19.0 Å². The van der Waals surface area contributed by atoms with E-state index < -0.39 is 5.69 Å². The summed E-state index contributed by atoms with van der Waals surface area (Å²) < 4.78 is 2.97. The lowest BCUT2D eigenvalue weighted by Gasteiger charge is -2.17. The first kappa shape index (κ1) is 20.0. The third kappa shape index (κ3) is 3.79. The van der Waals surface area contributed by atoms with Crippen LogP contribution in [0.15, 0.2) is 51.3 Å². The molecular weight excluding hydrogens is 372 g/mol. The van der Waals surface area contributed by atoms with Crippen LogP contribution in [0.2, 0.25) is 0 Å². The zero-order valence-corrected chi connectivity index (χ0v) is 16.7. The van der Waals surface area contributed by atoms with Crippen molar-refractivity contribution in [2.45, 2.75) is 13.3 Å². The second-order valence-electron chi connectivity index (χ2n) is 6.56. The zero-order chi connectivity index (χ0) is 21.1. The smallest absolute Gasteiger partial charge is 0.312 e. The summed E-state index contributed by atoms with van der Waals surface area (Å²) in [5, 5.41) is 5.46. The number of nitrogens with zero attached hydrogens (tertiary/aromatic N) is 5. The Bertz CT molecular complexity index is 1210. The van der Waals surface area contributed by atoms with Crippen LogP contribution in [0.1, 0.15) is 12.5 Å². The summed E-state index contributed by atoms with van der Waals surface area (Å²) in [6.07, 6.45) is 4.31. The predicted octanol–water partition coefficient (Wildman–Crippen LogP) is 0.607. The monoisotopic (exact) mass is 394 g/mol. The molecule has 1 N–H and O–H groups in total. The Morgan fingerprint density at radius 1 is 1.10 bits per heavy atom. The minimum atomic E-state index is -0.501. The van der Waals surface area contributed by atoms with Crippen molar-refractivity contribution in [2.24, 2.45) is 19.2 Å². The van der Waals surface area contributed by atoms with Crippen LogP contribution in [0.5, 0.6) is 0 Å². The molecule has 2 aromatic heterocycles. The molecule has 29 heavy (non-hydrogen) atoms. The molecule has 9 nitrogen and oxygen atoms in total. The number of hydrogen-bond donors (Lipinski definition) is 1. The van der Waals surface area contributed by atoms with Crippen LogP contribution < -0.4 is 16.7 Å². The summed E-state index contributed by atoms with van der Waals surface area (Å²) in [4.78, 5) is 42.2. The zero-order valence-electron chi connectivity index (χ0n) is 16.7. The van der Waals surface area contributed by atoms with Gasteiger partial charge in [0.2, 0.25) is 6.41 Å². The Kier molecular flexibility index (Phi) is 5.58. The van der Waals surface area contributed by atoms with Crippen LogP contribution >= 0.6 is 0 Å². The van der Waals surface area contributed by atoms with E-state index in [4.69, 9.17) is 0 Å². The van der Waals surface area contributed by atoms with E-state index in [1.54, 1.807) is 18.8 Å². The Morgan fingerprint density at radius 2 is 1.79 bits per heavy atom. The fourth-order valence-electron chi connectivity index (χ4n) is 3.04. The lowest BCUT2D eigenvalue weighted by atomic mass is 9.97. The topological polar surface area (TPSA) is 105 Å². The third-order valence-corrected chi connectivity index (χ3v) is 4.75. The first-order valence-corrected chi connectivity index (χ1v) is 9.04. The van der Waals surface area contributed by atoms with E-state index in [-0.39, 0.29) is 5.56 Å². The lowest BCUT2D eigenvalue weighted by molar-refractivity contribution is -0.117. The van der Waals surface area contributed by atoms with Gasteiger partial charge in [0, 0.05) is 44.7 Å². The molecule has 150 valence electrons. The number of hydrogen-bond acceptors (Lipinski definition) is 5. The molecule has 1 aromatic carbocycles. The maximum Gasteiger partial charge on any atom is 0.344 e. The summed E-state index contributed by atoms with van der Waals surface area (Å²) in [7, 11) is 4.80. The van der Waals surface area contributed by atoms with E-state index in [2.05, 4.69) is 22.0 Å². The van der Waals surface area contributed by atoms with Crippen LogP contribution in [0, 0.1) is 0 Å². The molecule has 2 heterocycles. The second-order valence-corrected chi connectivity index (χ2v) is 6.56. The number of nitrogens with one attached hydrogen (secondary N) is 1. The van der Waals surface area contributed by atoms with Crippen molar-refractivity contribution in [3.05, 3.63) is 68.5 Å². The van der Waals surface area contributed by atoms with Gasteiger partial charge in [0.1, 0.15) is 0 Å². The first-order chi connectivity index (χ1) is 13.9. The van der Waals surface area contributed by atoms with Gasteiger partial charge in [-0.05, 0) is 17.5 Å². The maximum absolute atomic E-state index is 13.2. The molecule has 3 aromatic rings. The van der Waals surface area contributed by atoms with E-state index >= 15 is 0 Å². The highest BCUT2D eigenvalue weighted by Gasteiger charge is 2.19. The van der Waals surface area contributed by atoms with Crippen LogP contribution in [-0.2, 0) is 25.3 Å². The molecule has 0 bridgehead atoms. The SMILES string of the molecule is CCc1ccc(-c2c(-c3cnc(=O)[nH]c3)/c(=N/N(C)C=O)n(C)n(C)c2=O)cc1. The summed E-state index contributed by atoms with van der Waals surface area (Å²) in [6, 6.07) is 7.69. The molecule has 0 fully saturated rings. The number of aryl methyl sites for hydroxylation is 1. The third-order valence-electron chi connectivity index (χ3n) is 4.75. The van der Waals surface area contributed by atoms with Gasteiger partial charge in [-0.2, -0.15) is 5.10 Å². The van der Waals surface area contributed by atoms with E-state index in [0.717, 1.165) is 17.0 Å². The van der Waals surface area contributed by atoms with Gasteiger partial charge in [-0.25, -0.2) is 14.8 Å². The average Bonchev–Trinajstić information content (AvgIpc) is 2.74. The Labute approximate surface area is 166 Å². The number of carbonyl (C=O) groups excluding carboxylic acids is 1. The maximum atomic E-state index is 13.2. The number of rotatable bonds is 5. The quantitative estimate of drug-likeness (QED) is 0.505. The number of aromatic amines is 1. The Balaban J connectivity index is 2.50. The number of carbonyl (C=O) groups is 1. The number of aromatic nitrogens is 4. The molecule has 1 amide bonds. The molecule has 0 spiro atoms. The van der Waals surface area contributed by atoms with Crippen LogP contribution in [0.3, 0.4) is 0 Å². The molecule has 0 aliphatic heterocycles. The number of amides is 1. The second kappa shape index (κ2) is 8.09. The van der Waals surface area contributed by atoms with Gasteiger partial charge in [0.05, 0.1) is 5.56 Å². The van der Waals surface area contributed by atoms with Crippen molar-refractivity contribution in [3.8, 4) is 22.3 Å². The van der Waals surface area contributed by atoms with E-state index in [1.807, 2.05) is 24.3 Å². The van der Waals surface area contributed by atoms with Crippen molar-refractivity contribution in [1.29, 1.82) is 0 Å². The van der Waals surface area contributed by atoms with Crippen molar-refractivity contribution in [1.82, 2.24) is 24.3 Å². The summed E-state index contributed by atoms with van der Waals surface area (Å²) in [6.45, 7) is 2.06. The van der Waals surface area contributed by atoms with E-state index in [0.29, 0.717) is 34.2 Å². The molecule has 9 heteroatoms. The number of benzene rings is 1. The average molecular weight is 394 g/mol. The normalized spacial score (nSPS) is 11.5. The molecule has 0 radical (unpaired) electrons. The van der Waals surface area contributed by atoms with Crippen LogP contribution in [0.4, 0.5) is 0 Å². The molecule has 0 atom stereocenters. The Hall–Kier alpha value is -3.75. The minimum absolute atomic E-state index is 0.245. The van der Waals surface area contributed by atoms with Crippen molar-refractivity contribution >= 4 is 6.41 Å². The van der Waals surface area contributed by atoms with Crippen LogP contribution in [0.25, 0.3) is 22.3 Å². The summed E-state index contributed by atoms with van der Waals surface area (Å²) in [5.74, 6) is 0. The highest BCUT2D eigenvalue weighted by molar-refractivity contribution is 5.81. The van der Waals surface area contributed by atoms with Crippen molar-refractivity contribution < 1.29 is 4.79 Å². The fourth-order valence-corrected chi connectivity index (χ4v) is 3.04. The van der Waals surface area contributed by atoms with E-state index in [1.165, 1.54) is 24.1 Å². The summed E-state index contributed by atoms with van der Waals surface area (Å²) >= 11 is 0. The van der Waals surface area contributed by atoms with Crippen molar-refractivity contribution in [2.75, 3.05) is 7.05 Å². The predicted molar refractivity (Wildman–Crippen MR) is 109 cm³/mol. The lowest BCUT2D eigenvalue weighted by Crippen LogP contribution is -2.39. The largest absolute Gasteiger partial charge is 0.344 e. The molecule has 0 saturated carbocycles. The van der Waals surface area contributed by atoms with Gasteiger partial charge < -0.3 is 4.98 Å². The molecule has 0 aliphatic rings. The molecule has 0 unspecified atom stereocenters. The van der Waals surface area contributed by atoms with Gasteiger partial charge >= 0.3 is 5.69 Å². The van der Waals surface area contributed by atoms with Gasteiger partial charge in [0.15, 0.2) is 5.49 Å². The molecule has 0 aliphatic carbocycles. The highest BCUT2D eigenvalue weighted by Crippen LogP contribution is 2.26. The Morgan fingerprint density at radius 3 is 2.34 bits per heavy atom. The highest BCUT2D eigenvalue weighted by atomic mass is 16.1. The fraction of sp³-hybridized carbons (Fsp3) is 0.250. The molecular formula is C20H22N6O3. The van der Waals surface area contributed by atoms with Crippen LogP contribution in [-0.4, -0.2) is 37.8 Å². The first-order valence-electron chi connectivity index (χ1n) is 9.04. The van der Waals surface area contributed by atoms with Gasteiger partial charge in [0.25, 0.3) is 5.56 Å². The van der Waals surface area contributed by atoms with Gasteiger partial charge in [-0.1, -0.05) is 31.2 Å². The van der Waals surface area contributed by atoms with Crippen molar-refractivity contribution in [3.63, 3.8) is 0 Å². The minimum Gasteiger partial charge on any atom is -0.312 e. The van der Waals surface area contributed by atoms with E-state index in [9.17, 15) is 14.4 Å². The number of H-pyrrole nitrogens is 1. The standard InChI is InChI=1S/C20H22N6O3/c1-5-13-6-8-14(9-7-13)17-16(15-10-21-20(29)22-11-15)18(23-24(2)12-27)25(3)26(4)19(17)28/h6-12H,5H2,1-4H3,(H,21,22,29)/b23-18-. The van der Waals surface area contributed by atoms with Gasteiger partial charge in [-0.15, -0.1) is 0 Å². The molecule has 3 rings (SSSR count).